The molecular formula is C18H27NO2. The average Bonchev–Trinajstić information content (AvgIpc) is 2.54. The number of hydrogen-bond donors (Lipinski definition) is 0. The van der Waals surface area contributed by atoms with Crippen LogP contribution in [0.2, 0.25) is 0 Å². The average molecular weight is 289 g/mol. The van der Waals surface area contributed by atoms with Gasteiger partial charge in [0.05, 0.1) is 6.61 Å². The molecule has 0 aromatic heterocycles. The van der Waals surface area contributed by atoms with Crippen LogP contribution in [0.25, 0.3) is 0 Å². The highest BCUT2D eigenvalue weighted by atomic mass is 16.5. The first-order valence-corrected chi connectivity index (χ1v) is 8.17. The van der Waals surface area contributed by atoms with Crippen LogP contribution in [0.1, 0.15) is 39.5 Å². The molecule has 1 aromatic carbocycles. The fourth-order valence-corrected chi connectivity index (χ4v) is 3.00. The third-order valence-electron chi connectivity index (χ3n) is 4.20. The molecular weight excluding hydrogens is 262 g/mol. The number of para-hydroxylation sites is 1. The number of rotatable bonds is 6. The topological polar surface area (TPSA) is 29.5 Å². The molecule has 0 saturated carbocycles. The molecule has 0 aliphatic carbocycles. The van der Waals surface area contributed by atoms with Crippen molar-refractivity contribution < 1.29 is 9.53 Å². The number of carbonyl (C=O) groups is 1. The summed E-state index contributed by atoms with van der Waals surface area (Å²) < 4.78 is 5.84. The second-order valence-electron chi connectivity index (χ2n) is 6.11. The monoisotopic (exact) mass is 289 g/mol. The van der Waals surface area contributed by atoms with Crippen LogP contribution in [0.15, 0.2) is 30.3 Å². The lowest BCUT2D eigenvalue weighted by Crippen LogP contribution is -2.43. The van der Waals surface area contributed by atoms with Gasteiger partial charge in [-0.05, 0) is 31.4 Å². The zero-order valence-electron chi connectivity index (χ0n) is 13.3. The highest BCUT2D eigenvalue weighted by molar-refractivity contribution is 5.78. The van der Waals surface area contributed by atoms with Crippen molar-refractivity contribution in [3.8, 4) is 5.75 Å². The summed E-state index contributed by atoms with van der Waals surface area (Å²) in [5.41, 5.74) is 0. The fraction of sp³-hybridized carbons (Fsp3) is 0.611. The van der Waals surface area contributed by atoms with E-state index in [4.69, 9.17) is 4.74 Å². The second-order valence-corrected chi connectivity index (χ2v) is 6.11. The zero-order chi connectivity index (χ0) is 15.1. The van der Waals surface area contributed by atoms with Crippen molar-refractivity contribution in [1.82, 2.24) is 4.90 Å². The summed E-state index contributed by atoms with van der Waals surface area (Å²) in [4.78, 5) is 14.4. The molecule has 1 fully saturated rings. The molecule has 0 bridgehead atoms. The normalized spacial score (nSPS) is 20.1. The van der Waals surface area contributed by atoms with E-state index in [1.165, 1.54) is 0 Å². The van der Waals surface area contributed by atoms with Gasteiger partial charge in [0.2, 0.25) is 5.91 Å². The predicted octanol–water partition coefficient (Wildman–Crippen LogP) is 3.74. The highest BCUT2D eigenvalue weighted by Gasteiger charge is 2.26. The lowest BCUT2D eigenvalue weighted by atomic mass is 9.96. The molecule has 1 aliphatic rings. The number of ether oxygens (including phenoxy) is 1. The van der Waals surface area contributed by atoms with Crippen molar-refractivity contribution in [3.63, 3.8) is 0 Å². The van der Waals surface area contributed by atoms with E-state index in [1.54, 1.807) is 0 Å². The van der Waals surface area contributed by atoms with E-state index >= 15 is 0 Å². The maximum Gasteiger partial charge on any atom is 0.225 e. The van der Waals surface area contributed by atoms with Crippen molar-refractivity contribution in [1.29, 1.82) is 0 Å². The van der Waals surface area contributed by atoms with Gasteiger partial charge in [0.15, 0.2) is 0 Å². The first-order chi connectivity index (χ1) is 10.2. The maximum absolute atomic E-state index is 12.4. The van der Waals surface area contributed by atoms with E-state index in [0.717, 1.165) is 44.5 Å². The van der Waals surface area contributed by atoms with Gasteiger partial charge in [-0.25, -0.2) is 0 Å². The molecule has 0 radical (unpaired) electrons. The number of benzene rings is 1. The summed E-state index contributed by atoms with van der Waals surface area (Å²) in [6.07, 6.45) is 4.30. The van der Waals surface area contributed by atoms with Crippen molar-refractivity contribution in [2.24, 2.45) is 11.8 Å². The molecule has 2 atom stereocenters. The standard InChI is InChI=1S/C18H27NO2/c1-3-8-15(2)18(20)19-12-7-9-16(13-19)14-21-17-10-5-4-6-11-17/h4-6,10-11,15-16H,3,7-9,12-14H2,1-2H3. The number of carbonyl (C=O) groups excluding carboxylic acids is 1. The van der Waals surface area contributed by atoms with Crippen LogP contribution in [-0.2, 0) is 4.79 Å². The van der Waals surface area contributed by atoms with Crippen LogP contribution in [0, 0.1) is 11.8 Å². The van der Waals surface area contributed by atoms with Gasteiger partial charge in [0.1, 0.15) is 5.75 Å². The van der Waals surface area contributed by atoms with Gasteiger partial charge < -0.3 is 9.64 Å². The fourth-order valence-electron chi connectivity index (χ4n) is 3.00. The lowest BCUT2D eigenvalue weighted by Gasteiger charge is -2.34. The van der Waals surface area contributed by atoms with Crippen molar-refractivity contribution >= 4 is 5.91 Å². The number of piperidine rings is 1. The minimum atomic E-state index is 0.156. The molecule has 3 nitrogen and oxygen atoms in total. The third kappa shape index (κ3) is 4.76. The smallest absolute Gasteiger partial charge is 0.225 e. The molecule has 1 saturated heterocycles. The number of amides is 1. The van der Waals surface area contributed by atoms with Crippen LogP contribution in [0.3, 0.4) is 0 Å². The Morgan fingerprint density at radius 2 is 2.14 bits per heavy atom. The van der Waals surface area contributed by atoms with Gasteiger partial charge in [-0.1, -0.05) is 38.5 Å². The Kier molecular flexibility index (Phi) is 6.09. The summed E-state index contributed by atoms with van der Waals surface area (Å²) in [5, 5.41) is 0. The van der Waals surface area contributed by atoms with Crippen molar-refractivity contribution in [3.05, 3.63) is 30.3 Å². The van der Waals surface area contributed by atoms with Gasteiger partial charge in [0.25, 0.3) is 0 Å². The highest BCUT2D eigenvalue weighted by Crippen LogP contribution is 2.21. The van der Waals surface area contributed by atoms with Crippen LogP contribution >= 0.6 is 0 Å². The number of likely N-dealkylation sites (tertiary alicyclic amines) is 1. The Balaban J connectivity index is 1.82. The van der Waals surface area contributed by atoms with Crippen LogP contribution < -0.4 is 4.74 Å². The van der Waals surface area contributed by atoms with E-state index in [0.29, 0.717) is 18.4 Å². The summed E-state index contributed by atoms with van der Waals surface area (Å²) in [6, 6.07) is 9.92. The molecule has 0 spiro atoms. The van der Waals surface area contributed by atoms with Crippen molar-refractivity contribution in [2.45, 2.75) is 39.5 Å². The molecule has 21 heavy (non-hydrogen) atoms. The molecule has 1 heterocycles. The summed E-state index contributed by atoms with van der Waals surface area (Å²) in [7, 11) is 0. The van der Waals surface area contributed by atoms with E-state index in [-0.39, 0.29) is 5.92 Å². The second kappa shape index (κ2) is 8.06. The van der Waals surface area contributed by atoms with E-state index in [1.807, 2.05) is 35.2 Å². The Morgan fingerprint density at radius 3 is 2.86 bits per heavy atom. The first kappa shape index (κ1) is 15.9. The Hall–Kier alpha value is -1.51. The molecule has 116 valence electrons. The molecule has 1 amide bonds. The predicted molar refractivity (Wildman–Crippen MR) is 85.3 cm³/mol. The van der Waals surface area contributed by atoms with Crippen molar-refractivity contribution in [2.75, 3.05) is 19.7 Å². The Labute approximate surface area is 128 Å². The van der Waals surface area contributed by atoms with Crippen LogP contribution in [0.4, 0.5) is 0 Å². The largest absolute Gasteiger partial charge is 0.493 e. The van der Waals surface area contributed by atoms with Gasteiger partial charge in [-0.15, -0.1) is 0 Å². The van der Waals surface area contributed by atoms with E-state index < -0.39 is 0 Å². The lowest BCUT2D eigenvalue weighted by molar-refractivity contribution is -0.137. The summed E-state index contributed by atoms with van der Waals surface area (Å²) in [5.74, 6) is 1.85. The van der Waals surface area contributed by atoms with E-state index in [9.17, 15) is 4.79 Å². The number of hydrogen-bond acceptors (Lipinski definition) is 2. The molecule has 2 rings (SSSR count). The molecule has 1 aromatic rings. The molecule has 0 N–H and O–H groups in total. The molecule has 1 aliphatic heterocycles. The minimum absolute atomic E-state index is 0.156. The molecule has 2 unspecified atom stereocenters. The Morgan fingerprint density at radius 1 is 1.38 bits per heavy atom. The minimum Gasteiger partial charge on any atom is -0.493 e. The SMILES string of the molecule is CCCC(C)C(=O)N1CCCC(COc2ccccc2)C1. The molecule has 3 heteroatoms. The quantitative estimate of drug-likeness (QED) is 0.798. The first-order valence-electron chi connectivity index (χ1n) is 8.17. The van der Waals surface area contributed by atoms with Gasteiger partial charge >= 0.3 is 0 Å². The van der Waals surface area contributed by atoms with Gasteiger partial charge in [0, 0.05) is 24.9 Å². The Bertz CT molecular complexity index is 432. The summed E-state index contributed by atoms with van der Waals surface area (Å²) in [6.45, 7) is 6.65. The van der Waals surface area contributed by atoms with Gasteiger partial charge in [-0.3, -0.25) is 4.79 Å². The zero-order valence-corrected chi connectivity index (χ0v) is 13.3. The van der Waals surface area contributed by atoms with Gasteiger partial charge in [-0.2, -0.15) is 0 Å². The summed E-state index contributed by atoms with van der Waals surface area (Å²) >= 11 is 0. The number of nitrogens with zero attached hydrogens (tertiary/aromatic N) is 1. The maximum atomic E-state index is 12.4. The van der Waals surface area contributed by atoms with E-state index in [2.05, 4.69) is 13.8 Å². The van der Waals surface area contributed by atoms with Crippen LogP contribution in [0.5, 0.6) is 5.75 Å². The third-order valence-corrected chi connectivity index (χ3v) is 4.20. The van der Waals surface area contributed by atoms with Crippen LogP contribution in [-0.4, -0.2) is 30.5 Å².